The van der Waals surface area contributed by atoms with E-state index in [1.54, 1.807) is 4.90 Å². The van der Waals surface area contributed by atoms with Crippen LogP contribution >= 0.6 is 0 Å². The summed E-state index contributed by atoms with van der Waals surface area (Å²) in [6.45, 7) is 2.32. The first-order valence-corrected chi connectivity index (χ1v) is 6.05. The number of alkyl halides is 3. The number of benzene rings is 1. The van der Waals surface area contributed by atoms with Crippen molar-refractivity contribution in [2.45, 2.75) is 25.6 Å². The second-order valence-electron chi connectivity index (χ2n) is 4.82. The molecule has 18 heavy (non-hydrogen) atoms. The predicted octanol–water partition coefficient (Wildman–Crippen LogP) is 3.09. The van der Waals surface area contributed by atoms with Crippen molar-refractivity contribution < 1.29 is 13.2 Å². The maximum atomic E-state index is 12.7. The number of halogens is 3. The smallest absolute Gasteiger partial charge is 0.371 e. The zero-order valence-corrected chi connectivity index (χ0v) is 10.2. The number of rotatable bonds is 2. The summed E-state index contributed by atoms with van der Waals surface area (Å²) in [4.78, 5) is 1.79. The number of nitrogens with zero attached hydrogens (tertiary/aromatic N) is 1. The summed E-state index contributed by atoms with van der Waals surface area (Å²) in [6.07, 6.45) is -3.94. The first-order chi connectivity index (χ1) is 8.39. The lowest BCUT2D eigenvalue weighted by atomic mass is 10.1. The average Bonchev–Trinajstić information content (AvgIpc) is 2.77. The maximum absolute atomic E-state index is 12.7. The standard InChI is InChI=1S/C13H17F3N2/c1-9(17)11-4-2-3-5-12(11)18-7-6-10(8-18)13(14,15)16/h2-5,9-10H,6-8,17H2,1H3. The third-order valence-corrected chi connectivity index (χ3v) is 3.42. The van der Waals surface area contributed by atoms with E-state index >= 15 is 0 Å². The molecule has 2 unspecified atom stereocenters. The fraction of sp³-hybridized carbons (Fsp3) is 0.538. The van der Waals surface area contributed by atoms with Gasteiger partial charge in [-0.1, -0.05) is 18.2 Å². The molecule has 2 N–H and O–H groups in total. The maximum Gasteiger partial charge on any atom is 0.393 e. The van der Waals surface area contributed by atoms with E-state index in [0.29, 0.717) is 6.54 Å². The van der Waals surface area contributed by atoms with E-state index in [1.807, 2.05) is 31.2 Å². The van der Waals surface area contributed by atoms with Gasteiger partial charge in [0.2, 0.25) is 0 Å². The third-order valence-electron chi connectivity index (χ3n) is 3.42. The molecule has 2 atom stereocenters. The van der Waals surface area contributed by atoms with Gasteiger partial charge in [0.05, 0.1) is 5.92 Å². The minimum atomic E-state index is -4.10. The Bertz CT molecular complexity index is 415. The summed E-state index contributed by atoms with van der Waals surface area (Å²) < 4.78 is 38.0. The lowest BCUT2D eigenvalue weighted by molar-refractivity contribution is -0.168. The van der Waals surface area contributed by atoms with Crippen molar-refractivity contribution in [3.8, 4) is 0 Å². The zero-order valence-electron chi connectivity index (χ0n) is 10.2. The van der Waals surface area contributed by atoms with Gasteiger partial charge in [0, 0.05) is 24.8 Å². The highest BCUT2D eigenvalue weighted by Gasteiger charge is 2.43. The fourth-order valence-electron chi connectivity index (χ4n) is 2.41. The number of para-hydroxylation sites is 1. The Morgan fingerprint density at radius 3 is 2.56 bits per heavy atom. The molecule has 100 valence electrons. The van der Waals surface area contributed by atoms with Crippen LogP contribution in [0.4, 0.5) is 18.9 Å². The first kappa shape index (κ1) is 13.2. The molecule has 1 aromatic carbocycles. The molecule has 5 heteroatoms. The number of nitrogens with two attached hydrogens (primary N) is 1. The molecule has 1 fully saturated rings. The Kier molecular flexibility index (Phi) is 3.52. The summed E-state index contributed by atoms with van der Waals surface area (Å²) in [5.74, 6) is -1.22. The topological polar surface area (TPSA) is 29.3 Å². The van der Waals surface area contributed by atoms with E-state index in [9.17, 15) is 13.2 Å². The molecule has 0 amide bonds. The van der Waals surface area contributed by atoms with Gasteiger partial charge in [-0.15, -0.1) is 0 Å². The number of hydrogen-bond acceptors (Lipinski definition) is 2. The van der Waals surface area contributed by atoms with Crippen molar-refractivity contribution in [2.24, 2.45) is 11.7 Å². The summed E-state index contributed by atoms with van der Waals surface area (Å²) in [6, 6.07) is 7.24. The Morgan fingerprint density at radius 1 is 1.33 bits per heavy atom. The van der Waals surface area contributed by atoms with Crippen LogP contribution in [0.5, 0.6) is 0 Å². The van der Waals surface area contributed by atoms with Crippen LogP contribution in [0.15, 0.2) is 24.3 Å². The highest BCUT2D eigenvalue weighted by atomic mass is 19.4. The highest BCUT2D eigenvalue weighted by molar-refractivity contribution is 5.55. The van der Waals surface area contributed by atoms with Gasteiger partial charge in [0.25, 0.3) is 0 Å². The van der Waals surface area contributed by atoms with Crippen LogP contribution in [0.1, 0.15) is 24.9 Å². The average molecular weight is 258 g/mol. The van der Waals surface area contributed by atoms with E-state index in [2.05, 4.69) is 0 Å². The van der Waals surface area contributed by atoms with Crippen LogP contribution in [0, 0.1) is 5.92 Å². The Hall–Kier alpha value is -1.23. The largest absolute Gasteiger partial charge is 0.393 e. The second kappa shape index (κ2) is 4.80. The zero-order chi connectivity index (χ0) is 13.3. The van der Waals surface area contributed by atoms with Crippen molar-refractivity contribution in [3.05, 3.63) is 29.8 Å². The molecule has 2 nitrogen and oxygen atoms in total. The van der Waals surface area contributed by atoms with Crippen molar-refractivity contribution in [2.75, 3.05) is 18.0 Å². The quantitative estimate of drug-likeness (QED) is 0.883. The van der Waals surface area contributed by atoms with Gasteiger partial charge in [-0.05, 0) is 25.0 Å². The summed E-state index contributed by atoms with van der Waals surface area (Å²) >= 11 is 0. The Morgan fingerprint density at radius 2 is 2.00 bits per heavy atom. The molecule has 1 aliphatic rings. The normalized spacial score (nSPS) is 22.3. The lowest BCUT2D eigenvalue weighted by Crippen LogP contribution is -2.28. The van der Waals surface area contributed by atoms with Crippen molar-refractivity contribution in [1.29, 1.82) is 0 Å². The van der Waals surface area contributed by atoms with Crippen LogP contribution in [-0.4, -0.2) is 19.3 Å². The van der Waals surface area contributed by atoms with Crippen LogP contribution < -0.4 is 10.6 Å². The molecule has 0 aromatic heterocycles. The van der Waals surface area contributed by atoms with Gasteiger partial charge in [-0.25, -0.2) is 0 Å². The first-order valence-electron chi connectivity index (χ1n) is 6.05. The molecule has 1 aromatic rings. The molecule has 0 spiro atoms. The van der Waals surface area contributed by atoms with E-state index in [4.69, 9.17) is 5.73 Å². The van der Waals surface area contributed by atoms with Crippen molar-refractivity contribution in [3.63, 3.8) is 0 Å². The van der Waals surface area contributed by atoms with Crippen LogP contribution in [-0.2, 0) is 0 Å². The minimum absolute atomic E-state index is 0.0350. The van der Waals surface area contributed by atoms with E-state index in [1.165, 1.54) is 0 Å². The minimum Gasteiger partial charge on any atom is -0.371 e. The number of hydrogen-bond donors (Lipinski definition) is 1. The molecule has 0 radical (unpaired) electrons. The Balaban J connectivity index is 2.19. The van der Waals surface area contributed by atoms with Gasteiger partial charge in [-0.2, -0.15) is 13.2 Å². The SMILES string of the molecule is CC(N)c1ccccc1N1CCC(C(F)(F)F)C1. The van der Waals surface area contributed by atoms with E-state index in [-0.39, 0.29) is 19.0 Å². The summed E-state index contributed by atoms with van der Waals surface area (Å²) in [7, 11) is 0. The third kappa shape index (κ3) is 2.61. The predicted molar refractivity (Wildman–Crippen MR) is 65.4 cm³/mol. The molecule has 1 aliphatic heterocycles. The molecule has 0 saturated carbocycles. The van der Waals surface area contributed by atoms with E-state index in [0.717, 1.165) is 11.3 Å². The molecule has 2 rings (SSSR count). The lowest BCUT2D eigenvalue weighted by Gasteiger charge is -2.24. The summed E-state index contributed by atoms with van der Waals surface area (Å²) in [5.41, 5.74) is 7.59. The molecular formula is C13H17F3N2. The molecule has 1 saturated heterocycles. The second-order valence-corrected chi connectivity index (χ2v) is 4.82. The van der Waals surface area contributed by atoms with Gasteiger partial charge in [0.1, 0.15) is 0 Å². The summed E-state index contributed by atoms with van der Waals surface area (Å²) in [5, 5.41) is 0. The van der Waals surface area contributed by atoms with Crippen LogP contribution in [0.2, 0.25) is 0 Å². The number of anilines is 1. The molecule has 0 bridgehead atoms. The molecular weight excluding hydrogens is 241 g/mol. The fourth-order valence-corrected chi connectivity index (χ4v) is 2.41. The van der Waals surface area contributed by atoms with Gasteiger partial charge in [0.15, 0.2) is 0 Å². The van der Waals surface area contributed by atoms with E-state index < -0.39 is 12.1 Å². The molecule has 1 heterocycles. The molecule has 0 aliphatic carbocycles. The van der Waals surface area contributed by atoms with Gasteiger partial charge < -0.3 is 10.6 Å². The Labute approximate surface area is 105 Å². The highest BCUT2D eigenvalue weighted by Crippen LogP contribution is 2.37. The van der Waals surface area contributed by atoms with Gasteiger partial charge >= 0.3 is 6.18 Å². The van der Waals surface area contributed by atoms with Crippen molar-refractivity contribution in [1.82, 2.24) is 0 Å². The van der Waals surface area contributed by atoms with Crippen molar-refractivity contribution >= 4 is 5.69 Å². The van der Waals surface area contributed by atoms with Crippen LogP contribution in [0.3, 0.4) is 0 Å². The monoisotopic (exact) mass is 258 g/mol. The van der Waals surface area contributed by atoms with Gasteiger partial charge in [-0.3, -0.25) is 0 Å². The van der Waals surface area contributed by atoms with Crippen LogP contribution in [0.25, 0.3) is 0 Å².